The van der Waals surface area contributed by atoms with E-state index >= 15 is 0 Å². The second-order valence-corrected chi connectivity index (χ2v) is 4.19. The summed E-state index contributed by atoms with van der Waals surface area (Å²) in [6, 6.07) is 2.86. The molecule has 2 N–H and O–H groups in total. The zero-order chi connectivity index (χ0) is 12.6. The van der Waals surface area contributed by atoms with Gasteiger partial charge in [0.05, 0.1) is 14.2 Å². The van der Waals surface area contributed by atoms with E-state index in [1.807, 2.05) is 0 Å². The van der Waals surface area contributed by atoms with Crippen LogP contribution in [0.2, 0.25) is 0 Å². The van der Waals surface area contributed by atoms with Gasteiger partial charge in [0.2, 0.25) is 0 Å². The van der Waals surface area contributed by atoms with Gasteiger partial charge in [-0.05, 0) is 30.5 Å². The Hall–Kier alpha value is -1.62. The Morgan fingerprint density at radius 1 is 1.41 bits per heavy atom. The Bertz CT molecular complexity index is 469. The lowest BCUT2D eigenvalue weighted by Gasteiger charge is -2.14. The summed E-state index contributed by atoms with van der Waals surface area (Å²) in [7, 11) is 2.54. The molecular formula is C12H14FNO3. The number of esters is 1. The summed E-state index contributed by atoms with van der Waals surface area (Å²) in [4.78, 5) is 11.5. The monoisotopic (exact) mass is 239 g/mol. The first kappa shape index (κ1) is 11.9. The predicted molar refractivity (Wildman–Crippen MR) is 59.4 cm³/mol. The number of hydrogen-bond acceptors (Lipinski definition) is 4. The summed E-state index contributed by atoms with van der Waals surface area (Å²) >= 11 is 0. The highest BCUT2D eigenvalue weighted by molar-refractivity contribution is 5.92. The Labute approximate surface area is 98.5 Å². The standard InChI is InChI=1S/C12H14FNO3/c1-16-10-8(11(15)17-2)5-7(6-9(10)13)12(14)3-4-12/h5-6H,3-4,14H2,1-2H3. The van der Waals surface area contributed by atoms with E-state index in [1.54, 1.807) is 6.07 Å². The number of halogens is 1. The van der Waals surface area contributed by atoms with E-state index in [0.29, 0.717) is 5.56 Å². The number of methoxy groups -OCH3 is 2. The van der Waals surface area contributed by atoms with Crippen molar-refractivity contribution in [3.8, 4) is 5.75 Å². The highest BCUT2D eigenvalue weighted by Crippen LogP contribution is 2.44. The second kappa shape index (κ2) is 4.00. The minimum atomic E-state index is -0.633. The number of ether oxygens (including phenoxy) is 2. The number of rotatable bonds is 3. The zero-order valence-electron chi connectivity index (χ0n) is 9.75. The van der Waals surface area contributed by atoms with Gasteiger partial charge in [0.15, 0.2) is 11.6 Å². The van der Waals surface area contributed by atoms with Crippen LogP contribution >= 0.6 is 0 Å². The van der Waals surface area contributed by atoms with E-state index in [9.17, 15) is 9.18 Å². The topological polar surface area (TPSA) is 61.5 Å². The third-order valence-corrected chi connectivity index (χ3v) is 3.02. The number of hydrogen-bond donors (Lipinski definition) is 1. The van der Waals surface area contributed by atoms with Gasteiger partial charge < -0.3 is 15.2 Å². The smallest absolute Gasteiger partial charge is 0.341 e. The molecule has 0 radical (unpaired) electrons. The molecule has 0 atom stereocenters. The van der Waals surface area contributed by atoms with Crippen LogP contribution in [-0.4, -0.2) is 20.2 Å². The molecule has 0 heterocycles. The normalized spacial score (nSPS) is 16.5. The maximum atomic E-state index is 13.8. The summed E-state index contributed by atoms with van der Waals surface area (Å²) in [5.74, 6) is -1.33. The molecule has 2 rings (SSSR count). The quantitative estimate of drug-likeness (QED) is 0.813. The van der Waals surface area contributed by atoms with Crippen molar-refractivity contribution in [2.75, 3.05) is 14.2 Å². The molecule has 92 valence electrons. The van der Waals surface area contributed by atoms with Gasteiger partial charge in [0.25, 0.3) is 0 Å². The molecule has 0 amide bonds. The van der Waals surface area contributed by atoms with Crippen molar-refractivity contribution in [2.24, 2.45) is 5.73 Å². The average Bonchev–Trinajstić information content (AvgIpc) is 3.06. The van der Waals surface area contributed by atoms with Crippen molar-refractivity contribution in [1.82, 2.24) is 0 Å². The van der Waals surface area contributed by atoms with Crippen LogP contribution in [0.1, 0.15) is 28.8 Å². The van der Waals surface area contributed by atoms with E-state index in [4.69, 9.17) is 10.5 Å². The van der Waals surface area contributed by atoms with E-state index in [-0.39, 0.29) is 11.3 Å². The molecule has 4 nitrogen and oxygen atoms in total. The maximum Gasteiger partial charge on any atom is 0.341 e. The van der Waals surface area contributed by atoms with Crippen molar-refractivity contribution in [2.45, 2.75) is 18.4 Å². The van der Waals surface area contributed by atoms with Crippen molar-refractivity contribution < 1.29 is 18.7 Å². The first-order chi connectivity index (χ1) is 8.01. The number of benzene rings is 1. The summed E-state index contributed by atoms with van der Waals surface area (Å²) in [6.07, 6.45) is 1.58. The largest absolute Gasteiger partial charge is 0.493 e. The molecule has 1 aromatic rings. The molecule has 17 heavy (non-hydrogen) atoms. The fourth-order valence-corrected chi connectivity index (χ4v) is 1.77. The van der Waals surface area contributed by atoms with Crippen LogP contribution in [0.15, 0.2) is 12.1 Å². The number of nitrogens with two attached hydrogens (primary N) is 1. The Kier molecular flexibility index (Phi) is 2.79. The molecule has 0 unspecified atom stereocenters. The van der Waals surface area contributed by atoms with Gasteiger partial charge in [0, 0.05) is 5.54 Å². The van der Waals surface area contributed by atoms with E-state index in [2.05, 4.69) is 4.74 Å². The molecule has 0 saturated heterocycles. The van der Waals surface area contributed by atoms with Crippen molar-refractivity contribution in [3.63, 3.8) is 0 Å². The third-order valence-electron chi connectivity index (χ3n) is 3.02. The fraction of sp³-hybridized carbons (Fsp3) is 0.417. The van der Waals surface area contributed by atoms with Gasteiger partial charge in [0.1, 0.15) is 5.56 Å². The van der Waals surface area contributed by atoms with Gasteiger partial charge in [-0.25, -0.2) is 9.18 Å². The van der Waals surface area contributed by atoms with Crippen LogP contribution in [0, 0.1) is 5.82 Å². The summed E-state index contributed by atoms with van der Waals surface area (Å²) in [6.45, 7) is 0. The van der Waals surface area contributed by atoms with Crippen LogP contribution in [0.5, 0.6) is 5.75 Å². The summed E-state index contributed by atoms with van der Waals surface area (Å²) < 4.78 is 23.2. The third kappa shape index (κ3) is 1.98. The van der Waals surface area contributed by atoms with Gasteiger partial charge in [-0.2, -0.15) is 0 Å². The van der Waals surface area contributed by atoms with Crippen molar-refractivity contribution >= 4 is 5.97 Å². The molecule has 0 bridgehead atoms. The molecule has 0 aliphatic heterocycles. The molecule has 0 aromatic heterocycles. The van der Waals surface area contributed by atoms with E-state index in [1.165, 1.54) is 20.3 Å². The van der Waals surface area contributed by atoms with E-state index < -0.39 is 17.3 Å². The SMILES string of the molecule is COC(=O)c1cc(C2(N)CC2)cc(F)c1OC. The first-order valence-electron chi connectivity index (χ1n) is 5.27. The van der Waals surface area contributed by atoms with E-state index in [0.717, 1.165) is 12.8 Å². The Morgan fingerprint density at radius 2 is 2.06 bits per heavy atom. The molecule has 5 heteroatoms. The highest BCUT2D eigenvalue weighted by Gasteiger charge is 2.41. The number of carbonyl (C=O) groups is 1. The molecule has 0 spiro atoms. The molecule has 1 fully saturated rings. The van der Waals surface area contributed by atoms with Gasteiger partial charge in [-0.1, -0.05) is 0 Å². The molecule has 1 aromatic carbocycles. The lowest BCUT2D eigenvalue weighted by atomic mass is 10.0. The lowest BCUT2D eigenvalue weighted by molar-refractivity contribution is 0.0596. The number of carbonyl (C=O) groups excluding carboxylic acids is 1. The van der Waals surface area contributed by atoms with Crippen LogP contribution in [0.4, 0.5) is 4.39 Å². The van der Waals surface area contributed by atoms with Gasteiger partial charge >= 0.3 is 5.97 Å². The first-order valence-corrected chi connectivity index (χ1v) is 5.27. The minimum absolute atomic E-state index is 0.0710. The molecule has 1 aliphatic rings. The summed E-state index contributed by atoms with van der Waals surface area (Å²) in [5.41, 5.74) is 6.15. The van der Waals surface area contributed by atoms with Crippen LogP contribution < -0.4 is 10.5 Å². The van der Waals surface area contributed by atoms with Crippen LogP contribution in [0.25, 0.3) is 0 Å². The van der Waals surface area contributed by atoms with Crippen molar-refractivity contribution in [1.29, 1.82) is 0 Å². The summed E-state index contributed by atoms with van der Waals surface area (Å²) in [5, 5.41) is 0. The predicted octanol–water partition coefficient (Wildman–Crippen LogP) is 1.57. The maximum absolute atomic E-state index is 13.8. The molecular weight excluding hydrogens is 225 g/mol. The molecule has 1 saturated carbocycles. The Morgan fingerprint density at radius 3 is 2.53 bits per heavy atom. The van der Waals surface area contributed by atoms with Crippen molar-refractivity contribution in [3.05, 3.63) is 29.1 Å². The molecule has 1 aliphatic carbocycles. The zero-order valence-corrected chi connectivity index (χ0v) is 9.75. The fourth-order valence-electron chi connectivity index (χ4n) is 1.77. The Balaban J connectivity index is 2.54. The lowest BCUT2D eigenvalue weighted by Crippen LogP contribution is -2.20. The second-order valence-electron chi connectivity index (χ2n) is 4.19. The van der Waals surface area contributed by atoms with Gasteiger partial charge in [-0.3, -0.25) is 0 Å². The van der Waals surface area contributed by atoms with Gasteiger partial charge in [-0.15, -0.1) is 0 Å². The van der Waals surface area contributed by atoms with Crippen LogP contribution in [0.3, 0.4) is 0 Å². The average molecular weight is 239 g/mol. The highest BCUT2D eigenvalue weighted by atomic mass is 19.1. The van der Waals surface area contributed by atoms with Crippen LogP contribution in [-0.2, 0) is 10.3 Å². The minimum Gasteiger partial charge on any atom is -0.493 e.